The number of thioether (sulfide) groups is 1. The largest absolute Gasteiger partial charge is 0.453 e. The van der Waals surface area contributed by atoms with Crippen molar-refractivity contribution < 1.29 is 9.53 Å². The molecule has 2 nitrogen and oxygen atoms in total. The highest BCUT2D eigenvalue weighted by Gasteiger charge is 1.87. The molecule has 3 heteroatoms. The molecule has 0 radical (unpaired) electrons. The molecule has 0 amide bonds. The maximum Gasteiger partial charge on any atom is 0.303 e. The lowest BCUT2D eigenvalue weighted by molar-refractivity contribution is -0.139. The summed E-state index contributed by atoms with van der Waals surface area (Å²) in [5, 5.41) is 0. The van der Waals surface area contributed by atoms with E-state index in [0.29, 0.717) is 0 Å². The second-order valence-corrected chi connectivity index (χ2v) is 2.79. The summed E-state index contributed by atoms with van der Waals surface area (Å²) >= 11 is 1.58. The van der Waals surface area contributed by atoms with Crippen LogP contribution in [0, 0.1) is 11.8 Å². The van der Waals surface area contributed by atoms with Crippen LogP contribution in [0.25, 0.3) is 0 Å². The Morgan fingerprint density at radius 3 is 2.75 bits per heavy atom. The molecule has 0 aliphatic heterocycles. The number of rotatable bonds is 2. The van der Waals surface area contributed by atoms with Gasteiger partial charge in [0.05, 0.1) is 4.91 Å². The molecular formula is C9H12O2S. The van der Waals surface area contributed by atoms with E-state index in [1.807, 2.05) is 19.3 Å². The molecule has 0 atom stereocenters. The van der Waals surface area contributed by atoms with Gasteiger partial charge in [0.15, 0.2) is 6.61 Å². The van der Waals surface area contributed by atoms with Crippen LogP contribution >= 0.6 is 11.8 Å². The molecule has 0 fully saturated rings. The van der Waals surface area contributed by atoms with E-state index in [1.54, 1.807) is 11.8 Å². The zero-order valence-electron chi connectivity index (χ0n) is 7.51. The van der Waals surface area contributed by atoms with Gasteiger partial charge in [-0.15, -0.1) is 11.8 Å². The minimum atomic E-state index is -0.296. The first-order valence-electron chi connectivity index (χ1n) is 3.53. The van der Waals surface area contributed by atoms with Crippen molar-refractivity contribution in [3.05, 3.63) is 11.0 Å². The minimum absolute atomic E-state index is 0.174. The second kappa shape index (κ2) is 6.81. The Morgan fingerprint density at radius 1 is 1.67 bits per heavy atom. The summed E-state index contributed by atoms with van der Waals surface area (Å²) in [7, 11) is 0. The molecule has 0 saturated heterocycles. The molecule has 0 rings (SSSR count). The van der Waals surface area contributed by atoms with Crippen molar-refractivity contribution in [1.29, 1.82) is 0 Å². The third-order valence-corrected chi connectivity index (χ3v) is 1.82. The van der Waals surface area contributed by atoms with E-state index in [2.05, 4.69) is 16.6 Å². The molecule has 0 saturated carbocycles. The normalized spacial score (nSPS) is 10.1. The summed E-state index contributed by atoms with van der Waals surface area (Å²) < 4.78 is 4.63. The summed E-state index contributed by atoms with van der Waals surface area (Å²) in [4.78, 5) is 11.3. The van der Waals surface area contributed by atoms with Crippen molar-refractivity contribution in [2.24, 2.45) is 0 Å². The average molecular weight is 184 g/mol. The van der Waals surface area contributed by atoms with Crippen molar-refractivity contribution >= 4 is 17.7 Å². The molecule has 0 aromatic rings. The zero-order chi connectivity index (χ0) is 9.40. The molecule has 0 aliphatic carbocycles. The number of hydrogen-bond donors (Lipinski definition) is 0. The molecule has 0 aliphatic rings. The van der Waals surface area contributed by atoms with E-state index in [4.69, 9.17) is 0 Å². The molecular weight excluding hydrogens is 172 g/mol. The summed E-state index contributed by atoms with van der Waals surface area (Å²) in [6.07, 6.45) is 3.88. The van der Waals surface area contributed by atoms with E-state index in [1.165, 1.54) is 6.92 Å². The summed E-state index contributed by atoms with van der Waals surface area (Å²) in [5.74, 6) is 5.31. The standard InChI is InChI=1S/C9H12O2S/c1-4-9(12-3)6-5-7-11-8(2)10/h4H,7H2,1-3H3/b9-4+. The van der Waals surface area contributed by atoms with Gasteiger partial charge >= 0.3 is 5.97 Å². The van der Waals surface area contributed by atoms with Crippen molar-refractivity contribution in [1.82, 2.24) is 0 Å². The Hall–Kier alpha value is -0.880. The van der Waals surface area contributed by atoms with Gasteiger partial charge in [-0.1, -0.05) is 17.9 Å². The number of carbonyl (C=O) groups is 1. The van der Waals surface area contributed by atoms with Crippen LogP contribution in [0.5, 0.6) is 0 Å². The van der Waals surface area contributed by atoms with E-state index in [9.17, 15) is 4.79 Å². The summed E-state index contributed by atoms with van der Waals surface area (Å²) in [6.45, 7) is 3.46. The zero-order valence-corrected chi connectivity index (χ0v) is 8.33. The highest BCUT2D eigenvalue weighted by molar-refractivity contribution is 8.02. The maximum absolute atomic E-state index is 10.3. The van der Waals surface area contributed by atoms with Gasteiger partial charge in [0.2, 0.25) is 0 Å². The number of allylic oxidation sites excluding steroid dienone is 2. The van der Waals surface area contributed by atoms with Gasteiger partial charge in [-0.3, -0.25) is 4.79 Å². The van der Waals surface area contributed by atoms with Gasteiger partial charge in [-0.2, -0.15) is 0 Å². The van der Waals surface area contributed by atoms with E-state index in [-0.39, 0.29) is 12.6 Å². The smallest absolute Gasteiger partial charge is 0.303 e. The Balaban J connectivity index is 3.80. The summed E-state index contributed by atoms with van der Waals surface area (Å²) in [6, 6.07) is 0. The van der Waals surface area contributed by atoms with Crippen LogP contribution in [-0.4, -0.2) is 18.8 Å². The van der Waals surface area contributed by atoms with Gasteiger partial charge in [-0.25, -0.2) is 0 Å². The summed E-state index contributed by atoms with van der Waals surface area (Å²) in [5.41, 5.74) is 0. The van der Waals surface area contributed by atoms with Gasteiger partial charge in [0.1, 0.15) is 0 Å². The maximum atomic E-state index is 10.3. The molecule has 12 heavy (non-hydrogen) atoms. The first-order valence-corrected chi connectivity index (χ1v) is 4.75. The van der Waals surface area contributed by atoms with Gasteiger partial charge in [0, 0.05) is 6.92 Å². The molecule has 0 N–H and O–H groups in total. The topological polar surface area (TPSA) is 26.3 Å². The second-order valence-electron chi connectivity index (χ2n) is 1.94. The van der Waals surface area contributed by atoms with Crippen LogP contribution in [0.15, 0.2) is 11.0 Å². The predicted molar refractivity (Wildman–Crippen MR) is 51.7 cm³/mol. The van der Waals surface area contributed by atoms with Crippen LogP contribution in [0.3, 0.4) is 0 Å². The number of ether oxygens (including phenoxy) is 1. The third-order valence-electron chi connectivity index (χ3n) is 1.04. The predicted octanol–water partition coefficient (Wildman–Crippen LogP) is 1.82. The quantitative estimate of drug-likeness (QED) is 0.483. The minimum Gasteiger partial charge on any atom is -0.453 e. The number of esters is 1. The van der Waals surface area contributed by atoms with E-state index < -0.39 is 0 Å². The van der Waals surface area contributed by atoms with Crippen LogP contribution in [0.4, 0.5) is 0 Å². The lowest BCUT2D eigenvalue weighted by Crippen LogP contribution is -1.97. The van der Waals surface area contributed by atoms with Crippen LogP contribution in [-0.2, 0) is 9.53 Å². The van der Waals surface area contributed by atoms with Crippen LogP contribution < -0.4 is 0 Å². The van der Waals surface area contributed by atoms with Gasteiger partial charge in [-0.05, 0) is 13.2 Å². The first kappa shape index (κ1) is 11.1. The van der Waals surface area contributed by atoms with Crippen molar-refractivity contribution in [3.63, 3.8) is 0 Å². The van der Waals surface area contributed by atoms with Crippen LogP contribution in [0.1, 0.15) is 13.8 Å². The van der Waals surface area contributed by atoms with Crippen molar-refractivity contribution in [2.75, 3.05) is 12.9 Å². The molecule has 0 spiro atoms. The fraction of sp³-hybridized carbons (Fsp3) is 0.444. The van der Waals surface area contributed by atoms with E-state index in [0.717, 1.165) is 4.91 Å². The third kappa shape index (κ3) is 5.87. The molecule has 0 aromatic heterocycles. The lowest BCUT2D eigenvalue weighted by Gasteiger charge is -1.92. The van der Waals surface area contributed by atoms with Crippen molar-refractivity contribution in [2.45, 2.75) is 13.8 Å². The number of hydrogen-bond acceptors (Lipinski definition) is 3. The molecule has 0 aromatic carbocycles. The monoisotopic (exact) mass is 184 g/mol. The fourth-order valence-corrected chi connectivity index (χ4v) is 0.912. The first-order chi connectivity index (χ1) is 5.70. The highest BCUT2D eigenvalue weighted by atomic mass is 32.2. The highest BCUT2D eigenvalue weighted by Crippen LogP contribution is 2.08. The lowest BCUT2D eigenvalue weighted by atomic mass is 10.5. The Bertz CT molecular complexity index is 233. The van der Waals surface area contributed by atoms with E-state index >= 15 is 0 Å². The molecule has 66 valence electrons. The van der Waals surface area contributed by atoms with Gasteiger partial charge < -0.3 is 4.74 Å². The van der Waals surface area contributed by atoms with Crippen molar-refractivity contribution in [3.8, 4) is 11.8 Å². The Morgan fingerprint density at radius 2 is 2.33 bits per heavy atom. The molecule has 0 heterocycles. The van der Waals surface area contributed by atoms with Crippen LogP contribution in [0.2, 0.25) is 0 Å². The SMILES string of the molecule is C/C=C(\C#CCOC(C)=O)SC. The Kier molecular flexibility index (Phi) is 6.31. The average Bonchev–Trinajstić information content (AvgIpc) is 2.04. The Labute approximate surface area is 77.4 Å². The molecule has 0 unspecified atom stereocenters. The fourth-order valence-electron chi connectivity index (χ4n) is 0.502. The number of carbonyl (C=O) groups excluding carboxylic acids is 1. The van der Waals surface area contributed by atoms with Gasteiger partial charge in [0.25, 0.3) is 0 Å². The molecule has 0 bridgehead atoms.